The molecule has 1 aliphatic carbocycles. The van der Waals surface area contributed by atoms with Gasteiger partial charge < -0.3 is 11.1 Å². The number of nitrogens with one attached hydrogen (secondary N) is 1. The van der Waals surface area contributed by atoms with E-state index in [9.17, 15) is 9.59 Å². The van der Waals surface area contributed by atoms with Gasteiger partial charge in [0, 0.05) is 15.3 Å². The summed E-state index contributed by atoms with van der Waals surface area (Å²) >= 11 is 3.20. The summed E-state index contributed by atoms with van der Waals surface area (Å²) in [6.07, 6.45) is 5.17. The van der Waals surface area contributed by atoms with Gasteiger partial charge in [-0.25, -0.2) is 0 Å². The molecule has 1 aliphatic rings. The van der Waals surface area contributed by atoms with Crippen LogP contribution in [0, 0.1) is 0 Å². The first-order valence-electron chi connectivity index (χ1n) is 8.58. The van der Waals surface area contributed by atoms with Crippen molar-refractivity contribution in [3.8, 4) is 0 Å². The topological polar surface area (TPSA) is 72.2 Å². The number of hydrogen-bond donors (Lipinski definition) is 2. The van der Waals surface area contributed by atoms with Crippen LogP contribution < -0.4 is 11.1 Å². The Balaban J connectivity index is 1.88. The van der Waals surface area contributed by atoms with Gasteiger partial charge in [0.25, 0.3) is 11.8 Å². The molecule has 0 saturated carbocycles. The summed E-state index contributed by atoms with van der Waals surface area (Å²) < 4.78 is 0. The fraction of sp³-hybridized carbons (Fsp3) is 0.368. The number of carbonyl (C=O) groups excluding carboxylic acids is 2. The Morgan fingerprint density at radius 3 is 2.80 bits per heavy atom. The third kappa shape index (κ3) is 4.07. The van der Waals surface area contributed by atoms with Crippen LogP contribution in [0.5, 0.6) is 0 Å². The summed E-state index contributed by atoms with van der Waals surface area (Å²) in [5, 5.41) is 3.52. The minimum absolute atomic E-state index is 0.197. The van der Waals surface area contributed by atoms with Crippen molar-refractivity contribution in [2.45, 2.75) is 43.9 Å². The molecular formula is C19H22N2O2S2. The number of benzene rings is 1. The van der Waals surface area contributed by atoms with Crippen molar-refractivity contribution in [3.05, 3.63) is 45.8 Å². The maximum Gasteiger partial charge on any atom is 0.256 e. The number of hydrogen-bond acceptors (Lipinski definition) is 4. The van der Waals surface area contributed by atoms with Gasteiger partial charge in [0.1, 0.15) is 5.00 Å². The Hall–Kier alpha value is -1.79. The van der Waals surface area contributed by atoms with Crippen LogP contribution in [0.4, 0.5) is 5.00 Å². The number of fused-ring (bicyclic) bond motifs is 1. The molecule has 4 nitrogen and oxygen atoms in total. The van der Waals surface area contributed by atoms with E-state index in [4.69, 9.17) is 5.73 Å². The Kier molecular flexibility index (Phi) is 5.81. The van der Waals surface area contributed by atoms with Gasteiger partial charge in [-0.1, -0.05) is 19.4 Å². The monoisotopic (exact) mass is 374 g/mol. The Labute approximate surface area is 156 Å². The van der Waals surface area contributed by atoms with Gasteiger partial charge in [-0.05, 0) is 55.2 Å². The second-order valence-electron chi connectivity index (χ2n) is 6.05. The standard InChI is InChI=1S/C19H22N2O2S2/c1-2-24-13-8-6-7-12(11-13)18(23)21-19-16(17(20)22)14-9-4-3-5-10-15(14)25-19/h6-8,11H,2-5,9-10H2,1H3,(H2,20,22)(H,21,23). The van der Waals surface area contributed by atoms with Gasteiger partial charge in [-0.2, -0.15) is 0 Å². The van der Waals surface area contributed by atoms with E-state index >= 15 is 0 Å². The maximum absolute atomic E-state index is 12.7. The Bertz CT molecular complexity index is 799. The van der Waals surface area contributed by atoms with Crippen molar-refractivity contribution in [1.82, 2.24) is 0 Å². The van der Waals surface area contributed by atoms with Crippen LogP contribution >= 0.6 is 23.1 Å². The summed E-state index contributed by atoms with van der Waals surface area (Å²) in [5.41, 5.74) is 7.77. The van der Waals surface area contributed by atoms with Crippen molar-refractivity contribution >= 4 is 39.9 Å². The van der Waals surface area contributed by atoms with E-state index in [0.717, 1.165) is 41.9 Å². The van der Waals surface area contributed by atoms with E-state index < -0.39 is 5.91 Å². The molecule has 6 heteroatoms. The van der Waals surface area contributed by atoms with Crippen LogP contribution in [0.25, 0.3) is 0 Å². The predicted molar refractivity (Wildman–Crippen MR) is 105 cm³/mol. The molecule has 3 N–H and O–H groups in total. The highest BCUT2D eigenvalue weighted by Crippen LogP contribution is 2.37. The van der Waals surface area contributed by atoms with Gasteiger partial charge in [-0.15, -0.1) is 23.1 Å². The van der Waals surface area contributed by atoms with Crippen LogP contribution in [-0.2, 0) is 12.8 Å². The number of amides is 2. The highest BCUT2D eigenvalue weighted by Gasteiger charge is 2.24. The first-order chi connectivity index (χ1) is 12.1. The summed E-state index contributed by atoms with van der Waals surface area (Å²) in [5.74, 6) is 0.302. The second kappa shape index (κ2) is 8.06. The minimum Gasteiger partial charge on any atom is -0.365 e. The molecule has 0 spiro atoms. The molecule has 3 rings (SSSR count). The third-order valence-electron chi connectivity index (χ3n) is 4.30. The number of thiophene rings is 1. The van der Waals surface area contributed by atoms with E-state index in [1.54, 1.807) is 17.8 Å². The maximum atomic E-state index is 12.7. The highest BCUT2D eigenvalue weighted by atomic mass is 32.2. The van der Waals surface area contributed by atoms with Crippen molar-refractivity contribution < 1.29 is 9.59 Å². The van der Waals surface area contributed by atoms with Crippen LogP contribution in [0.15, 0.2) is 29.2 Å². The molecule has 0 unspecified atom stereocenters. The summed E-state index contributed by atoms with van der Waals surface area (Å²) in [7, 11) is 0. The van der Waals surface area contributed by atoms with Crippen LogP contribution in [-0.4, -0.2) is 17.6 Å². The zero-order chi connectivity index (χ0) is 17.8. The number of anilines is 1. The van der Waals surface area contributed by atoms with Crippen molar-refractivity contribution in [1.29, 1.82) is 0 Å². The van der Waals surface area contributed by atoms with E-state index in [-0.39, 0.29) is 5.91 Å². The normalized spacial score (nSPS) is 13.8. The van der Waals surface area contributed by atoms with Crippen LogP contribution in [0.1, 0.15) is 57.3 Å². The highest BCUT2D eigenvalue weighted by molar-refractivity contribution is 7.99. The van der Waals surface area contributed by atoms with E-state index in [1.165, 1.54) is 22.6 Å². The molecule has 25 heavy (non-hydrogen) atoms. The Morgan fingerprint density at radius 1 is 1.24 bits per heavy atom. The number of aryl methyl sites for hydroxylation is 1. The number of primary amides is 1. The molecule has 0 radical (unpaired) electrons. The molecule has 0 saturated heterocycles. The second-order valence-corrected chi connectivity index (χ2v) is 8.49. The first-order valence-corrected chi connectivity index (χ1v) is 10.4. The summed E-state index contributed by atoms with van der Waals surface area (Å²) in [4.78, 5) is 26.9. The zero-order valence-corrected chi connectivity index (χ0v) is 15.9. The van der Waals surface area contributed by atoms with Gasteiger partial charge >= 0.3 is 0 Å². The van der Waals surface area contributed by atoms with Crippen molar-refractivity contribution in [2.24, 2.45) is 5.73 Å². The first kappa shape index (κ1) is 18.0. The summed E-state index contributed by atoms with van der Waals surface area (Å²) in [6, 6.07) is 7.54. The van der Waals surface area contributed by atoms with Gasteiger partial charge in [0.15, 0.2) is 0 Å². The van der Waals surface area contributed by atoms with Crippen LogP contribution in [0.3, 0.4) is 0 Å². The molecular weight excluding hydrogens is 352 g/mol. The largest absolute Gasteiger partial charge is 0.365 e. The number of rotatable bonds is 5. The van der Waals surface area contributed by atoms with E-state index in [2.05, 4.69) is 12.2 Å². The minimum atomic E-state index is -0.454. The van der Waals surface area contributed by atoms with E-state index in [1.807, 2.05) is 18.2 Å². The van der Waals surface area contributed by atoms with Crippen molar-refractivity contribution in [2.75, 3.05) is 11.1 Å². The van der Waals surface area contributed by atoms with Gasteiger partial charge in [0.05, 0.1) is 5.56 Å². The van der Waals surface area contributed by atoms with Gasteiger partial charge in [0.2, 0.25) is 0 Å². The lowest BCUT2D eigenvalue weighted by Gasteiger charge is -2.07. The predicted octanol–water partition coefficient (Wildman–Crippen LogP) is 4.48. The molecule has 0 aliphatic heterocycles. The molecule has 1 heterocycles. The molecule has 0 bridgehead atoms. The lowest BCUT2D eigenvalue weighted by Crippen LogP contribution is -2.18. The average Bonchev–Trinajstić information content (AvgIpc) is 2.77. The fourth-order valence-electron chi connectivity index (χ4n) is 3.16. The van der Waals surface area contributed by atoms with Gasteiger partial charge in [-0.3, -0.25) is 9.59 Å². The molecule has 0 atom stereocenters. The lowest BCUT2D eigenvalue weighted by molar-refractivity contribution is 0.100. The SMILES string of the molecule is CCSc1cccc(C(=O)Nc2sc3c(c2C(N)=O)CCCCC3)c1. The molecule has 2 aromatic rings. The lowest BCUT2D eigenvalue weighted by atomic mass is 10.1. The third-order valence-corrected chi connectivity index (χ3v) is 6.39. The molecule has 1 aromatic heterocycles. The smallest absolute Gasteiger partial charge is 0.256 e. The molecule has 0 fully saturated rings. The number of carbonyl (C=O) groups is 2. The molecule has 1 aromatic carbocycles. The quantitative estimate of drug-likeness (QED) is 0.599. The van der Waals surface area contributed by atoms with Crippen LogP contribution in [0.2, 0.25) is 0 Å². The zero-order valence-electron chi connectivity index (χ0n) is 14.3. The fourth-order valence-corrected chi connectivity index (χ4v) is 5.17. The average molecular weight is 375 g/mol. The number of nitrogens with two attached hydrogens (primary N) is 1. The number of thioether (sulfide) groups is 1. The molecule has 2 amide bonds. The summed E-state index contributed by atoms with van der Waals surface area (Å²) in [6.45, 7) is 2.08. The van der Waals surface area contributed by atoms with E-state index in [0.29, 0.717) is 16.1 Å². The van der Waals surface area contributed by atoms with Crippen molar-refractivity contribution in [3.63, 3.8) is 0 Å². The molecule has 132 valence electrons. The Morgan fingerprint density at radius 2 is 2.04 bits per heavy atom.